The number of primary amides is 1. The van der Waals surface area contributed by atoms with E-state index in [4.69, 9.17) is 20.5 Å². The number of carbonyl (C=O) groups excluding carboxylic acids is 1. The smallest absolute Gasteiger partial charge is 0.416 e. The molecule has 0 unspecified atom stereocenters. The van der Waals surface area contributed by atoms with Gasteiger partial charge in [0.1, 0.15) is 24.1 Å². The average molecular weight is 769 g/mol. The summed E-state index contributed by atoms with van der Waals surface area (Å²) in [5, 5.41) is 11.5. The summed E-state index contributed by atoms with van der Waals surface area (Å²) < 4.78 is 98.7. The van der Waals surface area contributed by atoms with Crippen LogP contribution in [-0.2, 0) is 12.4 Å². The van der Waals surface area contributed by atoms with Gasteiger partial charge in [-0.2, -0.15) is 31.6 Å². The molecular formula is C36H36ClF7N6O3. The van der Waals surface area contributed by atoms with Crippen molar-refractivity contribution in [1.82, 2.24) is 15.3 Å². The van der Waals surface area contributed by atoms with Gasteiger partial charge in [0.05, 0.1) is 28.8 Å². The van der Waals surface area contributed by atoms with Crippen molar-refractivity contribution in [1.29, 1.82) is 5.26 Å². The van der Waals surface area contributed by atoms with Gasteiger partial charge >= 0.3 is 12.4 Å². The zero-order valence-electron chi connectivity index (χ0n) is 28.5. The minimum Gasteiger partial charge on any atom is -0.473 e. The maximum absolute atomic E-state index is 12.9. The summed E-state index contributed by atoms with van der Waals surface area (Å²) in [5.74, 6) is -0.615. The van der Waals surface area contributed by atoms with E-state index in [0.717, 1.165) is 48.6 Å². The Kier molecular flexibility index (Phi) is 14.8. The van der Waals surface area contributed by atoms with Gasteiger partial charge < -0.3 is 25.4 Å². The number of ether oxygens (including phenoxy) is 2. The Balaban J connectivity index is 0.000000235. The molecule has 2 atom stereocenters. The number of carbonyl (C=O) groups is 1. The molecule has 0 saturated carbocycles. The highest BCUT2D eigenvalue weighted by atomic mass is 35.5. The van der Waals surface area contributed by atoms with E-state index in [2.05, 4.69) is 15.3 Å². The van der Waals surface area contributed by atoms with Crippen molar-refractivity contribution in [2.45, 2.75) is 51.2 Å². The van der Waals surface area contributed by atoms with Crippen molar-refractivity contribution in [3.05, 3.63) is 112 Å². The molecule has 2 aliphatic rings. The van der Waals surface area contributed by atoms with Crippen LogP contribution in [0.15, 0.2) is 73.1 Å². The number of nitrogens with zero attached hydrogens (tertiary/aromatic N) is 4. The van der Waals surface area contributed by atoms with Crippen molar-refractivity contribution >= 4 is 24.0 Å². The van der Waals surface area contributed by atoms with Crippen molar-refractivity contribution < 1.29 is 45.0 Å². The van der Waals surface area contributed by atoms with Gasteiger partial charge in [-0.05, 0) is 74.3 Å². The number of alkyl halides is 6. The number of aromatic nitrogens is 2. The predicted molar refractivity (Wildman–Crippen MR) is 184 cm³/mol. The van der Waals surface area contributed by atoms with Gasteiger partial charge in [-0.1, -0.05) is 12.1 Å². The molecule has 3 N–H and O–H groups in total. The van der Waals surface area contributed by atoms with Gasteiger partial charge in [-0.15, -0.1) is 12.4 Å². The lowest BCUT2D eigenvalue weighted by Crippen LogP contribution is -2.27. The lowest BCUT2D eigenvalue weighted by molar-refractivity contribution is -0.138. The van der Waals surface area contributed by atoms with Gasteiger partial charge in [0, 0.05) is 49.7 Å². The number of aryl methyl sites for hydroxylation is 2. The number of nitriles is 1. The molecule has 2 saturated heterocycles. The molecule has 6 rings (SSSR count). The number of nitrogens with two attached hydrogens (primary N) is 1. The molecule has 53 heavy (non-hydrogen) atoms. The maximum atomic E-state index is 12.9. The van der Waals surface area contributed by atoms with Gasteiger partial charge in [-0.25, -0.2) is 14.4 Å². The SMILES string of the molecule is Cc1ccc(O[C@@H]2CCN(c3ccc(C(F)(F)F)cc3C(N)=O)C2)nc1.Cc1ccc(O[C@@H]2CCNC2)nc1.Cl.N#Cc1cc(C(F)(F)F)ccc1F. The molecule has 0 bridgehead atoms. The van der Waals surface area contributed by atoms with Gasteiger partial charge in [0.2, 0.25) is 11.8 Å². The molecule has 4 heterocycles. The Hall–Kier alpha value is -5.14. The summed E-state index contributed by atoms with van der Waals surface area (Å²) >= 11 is 0. The Morgan fingerprint density at radius 1 is 0.868 bits per heavy atom. The standard InChI is InChI=1S/C18H18F3N3O2.C10H14N2O.C8H3F4N.ClH/c1-11-2-5-16(23-9-11)26-13-6-7-24(10-13)15-4-3-12(18(19,20)21)8-14(15)17(22)25;1-8-2-3-10(12-6-8)13-9-4-5-11-7-9;9-7-2-1-6(8(10,11)12)3-5(7)4-13;/h2-5,8-9,13H,6-7,10H2,1H3,(H2,22,25);2-3,6,9,11H,4-5,7H2,1H3;1-3H;1H/t13-;9-;;/m11../s1. The highest BCUT2D eigenvalue weighted by molar-refractivity contribution is 5.99. The summed E-state index contributed by atoms with van der Waals surface area (Å²) in [6.45, 7) is 6.91. The quantitative estimate of drug-likeness (QED) is 0.194. The molecule has 2 fully saturated rings. The van der Waals surface area contributed by atoms with Crippen LogP contribution in [0.5, 0.6) is 11.8 Å². The maximum Gasteiger partial charge on any atom is 0.416 e. The molecular weight excluding hydrogens is 733 g/mol. The third-order valence-electron chi connectivity index (χ3n) is 7.85. The van der Waals surface area contributed by atoms with Crippen LogP contribution in [0, 0.1) is 31.0 Å². The molecule has 1 amide bonds. The van der Waals surface area contributed by atoms with E-state index >= 15 is 0 Å². The third-order valence-corrected chi connectivity index (χ3v) is 7.85. The van der Waals surface area contributed by atoms with Crippen LogP contribution in [0.2, 0.25) is 0 Å². The number of benzene rings is 2. The molecule has 2 aromatic heterocycles. The van der Waals surface area contributed by atoms with E-state index in [9.17, 15) is 35.5 Å². The second-order valence-electron chi connectivity index (χ2n) is 12.0. The van der Waals surface area contributed by atoms with Crippen LogP contribution >= 0.6 is 12.4 Å². The highest BCUT2D eigenvalue weighted by Gasteiger charge is 2.34. The molecule has 4 aromatic rings. The first kappa shape index (κ1) is 42.3. The summed E-state index contributed by atoms with van der Waals surface area (Å²) in [6, 6.07) is 13.7. The topological polar surface area (TPSA) is 126 Å². The van der Waals surface area contributed by atoms with E-state index < -0.39 is 40.8 Å². The first-order chi connectivity index (χ1) is 24.5. The minimum absolute atomic E-state index is 0. The number of nitrogens with one attached hydrogen (secondary N) is 1. The zero-order chi connectivity index (χ0) is 38.1. The van der Waals surface area contributed by atoms with Crippen molar-refractivity contribution in [2.75, 3.05) is 31.1 Å². The molecule has 284 valence electrons. The third kappa shape index (κ3) is 12.5. The van der Waals surface area contributed by atoms with Gasteiger partial charge in [0.25, 0.3) is 5.91 Å². The Bertz CT molecular complexity index is 1850. The number of halogens is 8. The van der Waals surface area contributed by atoms with E-state index in [1.807, 2.05) is 38.2 Å². The molecule has 9 nitrogen and oxygen atoms in total. The largest absolute Gasteiger partial charge is 0.473 e. The number of rotatable bonds is 6. The van der Waals surface area contributed by atoms with Crippen LogP contribution in [0.25, 0.3) is 0 Å². The number of hydrogen-bond acceptors (Lipinski definition) is 8. The fourth-order valence-corrected chi connectivity index (χ4v) is 5.13. The zero-order valence-corrected chi connectivity index (χ0v) is 29.3. The normalized spacial score (nSPS) is 16.6. The Labute approximate surface area is 307 Å². The van der Waals surface area contributed by atoms with Crippen LogP contribution in [0.1, 0.15) is 51.0 Å². The number of pyridine rings is 2. The van der Waals surface area contributed by atoms with Crippen molar-refractivity contribution in [2.24, 2.45) is 5.73 Å². The Morgan fingerprint density at radius 3 is 1.92 bits per heavy atom. The van der Waals surface area contributed by atoms with E-state index in [0.29, 0.717) is 55.4 Å². The average Bonchev–Trinajstić information content (AvgIpc) is 3.79. The molecule has 2 aliphatic heterocycles. The molecule has 0 radical (unpaired) electrons. The second-order valence-corrected chi connectivity index (χ2v) is 12.0. The van der Waals surface area contributed by atoms with Gasteiger partial charge in [-0.3, -0.25) is 4.79 Å². The highest BCUT2D eigenvalue weighted by Crippen LogP contribution is 2.34. The second kappa shape index (κ2) is 18.6. The summed E-state index contributed by atoms with van der Waals surface area (Å²) in [7, 11) is 0. The van der Waals surface area contributed by atoms with Crippen LogP contribution in [0.3, 0.4) is 0 Å². The fraction of sp³-hybridized carbons (Fsp3) is 0.333. The van der Waals surface area contributed by atoms with Crippen LogP contribution < -0.4 is 25.4 Å². The molecule has 0 spiro atoms. The van der Waals surface area contributed by atoms with Crippen molar-refractivity contribution in [3.63, 3.8) is 0 Å². The fourth-order valence-electron chi connectivity index (χ4n) is 5.13. The first-order valence-corrected chi connectivity index (χ1v) is 16.0. The summed E-state index contributed by atoms with van der Waals surface area (Å²) in [6.07, 6.45) is -3.68. The number of hydrogen-bond donors (Lipinski definition) is 2. The lowest BCUT2D eigenvalue weighted by Gasteiger charge is -2.22. The Morgan fingerprint density at radius 2 is 1.43 bits per heavy atom. The van der Waals surface area contributed by atoms with E-state index in [1.165, 1.54) is 12.1 Å². The lowest BCUT2D eigenvalue weighted by atomic mass is 10.1. The number of anilines is 1. The van der Waals surface area contributed by atoms with Crippen LogP contribution in [-0.4, -0.2) is 54.3 Å². The monoisotopic (exact) mass is 768 g/mol. The molecule has 17 heteroatoms. The molecule has 2 aromatic carbocycles. The minimum atomic E-state index is -4.54. The predicted octanol–water partition coefficient (Wildman–Crippen LogP) is 7.43. The van der Waals surface area contributed by atoms with E-state index in [1.54, 1.807) is 17.2 Å². The summed E-state index contributed by atoms with van der Waals surface area (Å²) in [4.78, 5) is 21.8. The number of amides is 1. The summed E-state index contributed by atoms with van der Waals surface area (Å²) in [5.41, 5.74) is 5.19. The van der Waals surface area contributed by atoms with E-state index in [-0.39, 0.29) is 24.1 Å². The van der Waals surface area contributed by atoms with Crippen molar-refractivity contribution in [3.8, 4) is 17.8 Å². The van der Waals surface area contributed by atoms with Crippen LogP contribution in [0.4, 0.5) is 36.4 Å². The first-order valence-electron chi connectivity index (χ1n) is 16.0. The van der Waals surface area contributed by atoms with Gasteiger partial charge in [0.15, 0.2) is 0 Å². The molecule has 0 aliphatic carbocycles.